The Hall–Kier alpha value is -1.57. The minimum Gasteiger partial charge on any atom is -0.472 e. The van der Waals surface area contributed by atoms with Crippen LogP contribution < -0.4 is 0 Å². The normalized spacial score (nSPS) is 10.7. The van der Waals surface area contributed by atoms with E-state index >= 15 is 0 Å². The molecule has 2 rings (SSSR count). The fourth-order valence-corrected chi connectivity index (χ4v) is 1.68. The van der Waals surface area contributed by atoms with E-state index in [9.17, 15) is 4.79 Å². The molecular formula is C12H11O2. The number of rotatable bonds is 2. The Balaban J connectivity index is 2.52. The molecule has 14 heavy (non-hydrogen) atoms. The first-order valence-electron chi connectivity index (χ1n) is 4.47. The summed E-state index contributed by atoms with van der Waals surface area (Å²) in [7, 11) is 0. The van der Waals surface area contributed by atoms with Crippen molar-refractivity contribution in [1.82, 2.24) is 0 Å². The van der Waals surface area contributed by atoms with Crippen molar-refractivity contribution >= 4 is 5.78 Å². The minimum atomic E-state index is 0.153. The summed E-state index contributed by atoms with van der Waals surface area (Å²) in [5, 5.41) is 0. The highest BCUT2D eigenvalue weighted by Gasteiger charge is 2.14. The molecule has 0 amide bonds. The molecule has 2 aliphatic rings. The second kappa shape index (κ2) is 3.29. The largest absolute Gasteiger partial charge is 0.472 e. The number of Topliss-reactive ketones (excluding diaryl/α,β-unsaturated/α-hetero) is 1. The average Bonchev–Trinajstić information content (AvgIpc) is 2.44. The molecule has 71 valence electrons. The maximum absolute atomic E-state index is 11.0. The number of hydrogen-bond acceptors (Lipinski definition) is 2. The highest BCUT2D eigenvalue weighted by molar-refractivity contribution is 5.84. The zero-order valence-electron chi connectivity index (χ0n) is 8.04. The maximum atomic E-state index is 11.0. The zero-order chi connectivity index (χ0) is 10.1. The van der Waals surface area contributed by atoms with E-state index in [-0.39, 0.29) is 5.78 Å². The zero-order valence-corrected chi connectivity index (χ0v) is 8.04. The SMILES string of the molecule is [CH2]c1cc(CC(C)=O)c2coccc1-2. The van der Waals surface area contributed by atoms with Gasteiger partial charge in [-0.15, -0.1) is 0 Å². The average molecular weight is 187 g/mol. The van der Waals surface area contributed by atoms with E-state index in [1.165, 1.54) is 0 Å². The van der Waals surface area contributed by atoms with Gasteiger partial charge >= 0.3 is 0 Å². The van der Waals surface area contributed by atoms with Crippen LogP contribution in [0.5, 0.6) is 0 Å². The van der Waals surface area contributed by atoms with Gasteiger partial charge in [0.2, 0.25) is 0 Å². The molecule has 0 aromatic rings. The molecule has 0 spiro atoms. The topological polar surface area (TPSA) is 30.2 Å². The van der Waals surface area contributed by atoms with Crippen molar-refractivity contribution in [3.05, 3.63) is 42.7 Å². The van der Waals surface area contributed by atoms with E-state index in [1.54, 1.807) is 19.5 Å². The van der Waals surface area contributed by atoms with Crippen LogP contribution in [0, 0.1) is 6.92 Å². The molecule has 0 aromatic heterocycles. The Kier molecular flexibility index (Phi) is 2.12. The van der Waals surface area contributed by atoms with Gasteiger partial charge in [-0.25, -0.2) is 0 Å². The minimum absolute atomic E-state index is 0.153. The molecule has 2 heteroatoms. The molecular weight excluding hydrogens is 176 g/mol. The summed E-state index contributed by atoms with van der Waals surface area (Å²) in [5.41, 5.74) is 4.01. The Labute approximate surface area is 82.9 Å². The van der Waals surface area contributed by atoms with Crippen LogP contribution in [0.4, 0.5) is 0 Å². The van der Waals surface area contributed by atoms with Crippen molar-refractivity contribution in [2.75, 3.05) is 0 Å². The highest BCUT2D eigenvalue weighted by Crippen LogP contribution is 2.31. The summed E-state index contributed by atoms with van der Waals surface area (Å²) in [4.78, 5) is 11.0. The molecule has 0 unspecified atom stereocenters. The van der Waals surface area contributed by atoms with E-state index in [4.69, 9.17) is 4.42 Å². The van der Waals surface area contributed by atoms with Gasteiger partial charge in [0.05, 0.1) is 12.5 Å². The van der Waals surface area contributed by atoms with Crippen molar-refractivity contribution in [1.29, 1.82) is 0 Å². The van der Waals surface area contributed by atoms with Gasteiger partial charge < -0.3 is 4.42 Å². The lowest BCUT2D eigenvalue weighted by Crippen LogP contribution is -1.95. The lowest BCUT2D eigenvalue weighted by atomic mass is 10.1. The molecule has 1 heterocycles. The number of carbonyl (C=O) groups is 1. The Morgan fingerprint density at radius 1 is 1.50 bits per heavy atom. The maximum Gasteiger partial charge on any atom is 0.134 e. The third-order valence-corrected chi connectivity index (χ3v) is 2.27. The predicted octanol–water partition coefficient (Wildman–Crippen LogP) is 2.70. The van der Waals surface area contributed by atoms with Gasteiger partial charge in [-0.05, 0) is 36.6 Å². The molecule has 0 bridgehead atoms. The second-order valence-corrected chi connectivity index (χ2v) is 3.46. The summed E-state index contributed by atoms with van der Waals surface area (Å²) < 4.78 is 5.09. The third-order valence-electron chi connectivity index (χ3n) is 2.27. The monoisotopic (exact) mass is 187 g/mol. The lowest BCUT2D eigenvalue weighted by Gasteiger charge is -2.00. The first kappa shape index (κ1) is 9.00. The van der Waals surface area contributed by atoms with Crippen LogP contribution in [0.2, 0.25) is 0 Å². The third kappa shape index (κ3) is 1.43. The lowest BCUT2D eigenvalue weighted by molar-refractivity contribution is -0.116. The highest BCUT2D eigenvalue weighted by atomic mass is 16.3. The van der Waals surface area contributed by atoms with Crippen LogP contribution >= 0.6 is 0 Å². The first-order valence-corrected chi connectivity index (χ1v) is 4.47. The fraction of sp³-hybridized carbons (Fsp3) is 0.167. The van der Waals surface area contributed by atoms with Gasteiger partial charge in [-0.1, -0.05) is 6.07 Å². The standard InChI is InChI=1S/C12H11O2/c1-8-5-10(6-9(2)13)12-7-14-4-3-11(8)12/h3-5,7H,1,6H2,2H3. The molecule has 1 aliphatic carbocycles. The Morgan fingerprint density at radius 2 is 2.29 bits per heavy atom. The van der Waals surface area contributed by atoms with Gasteiger partial charge in [-0.2, -0.15) is 0 Å². The molecule has 0 N–H and O–H groups in total. The van der Waals surface area contributed by atoms with E-state index in [1.807, 2.05) is 12.1 Å². The van der Waals surface area contributed by atoms with Gasteiger partial charge in [0, 0.05) is 12.0 Å². The molecule has 0 saturated heterocycles. The van der Waals surface area contributed by atoms with Crippen molar-refractivity contribution in [2.45, 2.75) is 13.3 Å². The van der Waals surface area contributed by atoms with Crippen molar-refractivity contribution in [3.63, 3.8) is 0 Å². The summed E-state index contributed by atoms with van der Waals surface area (Å²) in [6.07, 6.45) is 3.74. The number of fused-ring (bicyclic) bond motifs is 1. The summed E-state index contributed by atoms with van der Waals surface area (Å²) in [6.45, 7) is 5.51. The van der Waals surface area contributed by atoms with Crippen LogP contribution in [0.25, 0.3) is 11.1 Å². The summed E-state index contributed by atoms with van der Waals surface area (Å²) in [6, 6.07) is 3.82. The van der Waals surface area contributed by atoms with Crippen molar-refractivity contribution < 1.29 is 9.21 Å². The molecule has 2 nitrogen and oxygen atoms in total. The molecule has 1 aliphatic heterocycles. The van der Waals surface area contributed by atoms with Crippen LogP contribution in [0.3, 0.4) is 0 Å². The van der Waals surface area contributed by atoms with E-state index in [0.717, 1.165) is 22.3 Å². The van der Waals surface area contributed by atoms with Gasteiger partial charge in [0.25, 0.3) is 0 Å². The van der Waals surface area contributed by atoms with Crippen LogP contribution in [-0.4, -0.2) is 5.78 Å². The molecule has 0 fully saturated rings. The molecule has 0 saturated carbocycles. The van der Waals surface area contributed by atoms with Gasteiger partial charge in [0.15, 0.2) is 0 Å². The fourth-order valence-electron chi connectivity index (χ4n) is 1.68. The molecule has 0 atom stereocenters. The van der Waals surface area contributed by atoms with Gasteiger partial charge in [0.1, 0.15) is 5.78 Å². The molecule has 1 radical (unpaired) electrons. The van der Waals surface area contributed by atoms with E-state index in [0.29, 0.717) is 6.42 Å². The smallest absolute Gasteiger partial charge is 0.134 e. The number of ketones is 1. The van der Waals surface area contributed by atoms with E-state index in [2.05, 4.69) is 6.92 Å². The van der Waals surface area contributed by atoms with Crippen molar-refractivity contribution in [2.24, 2.45) is 0 Å². The van der Waals surface area contributed by atoms with Crippen molar-refractivity contribution in [3.8, 4) is 11.1 Å². The quantitative estimate of drug-likeness (QED) is 0.723. The predicted molar refractivity (Wildman–Crippen MR) is 54.2 cm³/mol. The number of hydrogen-bond donors (Lipinski definition) is 0. The Morgan fingerprint density at radius 3 is 3.00 bits per heavy atom. The van der Waals surface area contributed by atoms with Crippen LogP contribution in [0.1, 0.15) is 18.1 Å². The molecule has 0 aromatic carbocycles. The number of carbonyl (C=O) groups excluding carboxylic acids is 1. The van der Waals surface area contributed by atoms with Gasteiger partial charge in [-0.3, -0.25) is 4.79 Å². The second-order valence-electron chi connectivity index (χ2n) is 3.46. The Bertz CT molecular complexity index is 440. The van der Waals surface area contributed by atoms with E-state index < -0.39 is 0 Å². The summed E-state index contributed by atoms with van der Waals surface area (Å²) in [5.74, 6) is 0.153. The summed E-state index contributed by atoms with van der Waals surface area (Å²) >= 11 is 0. The first-order chi connectivity index (χ1) is 6.68. The van der Waals surface area contributed by atoms with Crippen LogP contribution in [-0.2, 0) is 11.2 Å². The van der Waals surface area contributed by atoms with Crippen LogP contribution in [0.15, 0.2) is 29.1 Å².